The quantitative estimate of drug-likeness (QED) is 0.574. The molecule has 0 rings (SSSR count). The van der Waals surface area contributed by atoms with Crippen molar-refractivity contribution in [3.63, 3.8) is 0 Å². The zero-order chi connectivity index (χ0) is 10.4. The second-order valence-corrected chi connectivity index (χ2v) is 4.18. The van der Waals surface area contributed by atoms with E-state index in [0.29, 0.717) is 11.5 Å². The average Bonchev–Trinajstić information content (AvgIpc) is 2.03. The molecule has 0 saturated heterocycles. The maximum absolute atomic E-state index is 11.5. The fraction of sp³-hybridized carbons (Fsp3) is 0.750. The van der Waals surface area contributed by atoms with Gasteiger partial charge in [-0.3, -0.25) is 4.79 Å². The van der Waals surface area contributed by atoms with Crippen molar-refractivity contribution in [2.24, 2.45) is 11.8 Å². The lowest BCUT2D eigenvalue weighted by molar-refractivity contribution is -0.119. The van der Waals surface area contributed by atoms with E-state index in [4.69, 9.17) is 0 Å². The Kier molecular flexibility index (Phi) is 5.68. The van der Waals surface area contributed by atoms with Crippen LogP contribution in [-0.4, -0.2) is 5.78 Å². The van der Waals surface area contributed by atoms with Gasteiger partial charge in [-0.2, -0.15) is 0 Å². The average molecular weight is 182 g/mol. The summed E-state index contributed by atoms with van der Waals surface area (Å²) in [4.78, 5) is 11.5. The van der Waals surface area contributed by atoms with E-state index in [9.17, 15) is 4.79 Å². The molecule has 2 atom stereocenters. The van der Waals surface area contributed by atoms with Crippen molar-refractivity contribution in [1.82, 2.24) is 0 Å². The lowest BCUT2D eigenvalue weighted by atomic mass is 9.89. The van der Waals surface area contributed by atoms with Crippen LogP contribution < -0.4 is 0 Å². The predicted molar refractivity (Wildman–Crippen MR) is 57.7 cm³/mol. The molecule has 1 heteroatoms. The van der Waals surface area contributed by atoms with Gasteiger partial charge in [-0.25, -0.2) is 0 Å². The summed E-state index contributed by atoms with van der Waals surface area (Å²) in [5, 5.41) is 0. The third-order valence-electron chi connectivity index (χ3n) is 2.41. The molecule has 13 heavy (non-hydrogen) atoms. The molecule has 0 aliphatic rings. The van der Waals surface area contributed by atoms with Gasteiger partial charge < -0.3 is 0 Å². The Hall–Kier alpha value is -0.590. The summed E-state index contributed by atoms with van der Waals surface area (Å²) in [5.74, 6) is 1.03. The molecular formula is C12H22O. The molecule has 0 aliphatic carbocycles. The standard InChI is InChI=1S/C12H22O/c1-6-7-10(4)8-11(5)12(13)9(2)3/h10-11H,2,6-8H2,1,3-5H3. The van der Waals surface area contributed by atoms with Crippen LogP contribution in [0, 0.1) is 11.8 Å². The van der Waals surface area contributed by atoms with Crippen molar-refractivity contribution in [1.29, 1.82) is 0 Å². The molecule has 0 spiro atoms. The number of carbonyl (C=O) groups excluding carboxylic acids is 1. The fourth-order valence-corrected chi connectivity index (χ4v) is 1.74. The summed E-state index contributed by atoms with van der Waals surface area (Å²) in [6.07, 6.45) is 3.42. The molecule has 1 nitrogen and oxygen atoms in total. The van der Waals surface area contributed by atoms with Crippen molar-refractivity contribution in [3.8, 4) is 0 Å². The van der Waals surface area contributed by atoms with Gasteiger partial charge in [0.15, 0.2) is 5.78 Å². The third-order valence-corrected chi connectivity index (χ3v) is 2.41. The van der Waals surface area contributed by atoms with Crippen LogP contribution in [0.25, 0.3) is 0 Å². The van der Waals surface area contributed by atoms with E-state index in [2.05, 4.69) is 20.4 Å². The number of hydrogen-bond donors (Lipinski definition) is 0. The second kappa shape index (κ2) is 5.95. The van der Waals surface area contributed by atoms with Crippen molar-refractivity contribution >= 4 is 5.78 Å². The summed E-state index contributed by atoms with van der Waals surface area (Å²) in [6, 6.07) is 0. The summed E-state index contributed by atoms with van der Waals surface area (Å²) < 4.78 is 0. The smallest absolute Gasteiger partial charge is 0.160 e. The monoisotopic (exact) mass is 182 g/mol. The van der Waals surface area contributed by atoms with Crippen LogP contribution >= 0.6 is 0 Å². The summed E-state index contributed by atoms with van der Waals surface area (Å²) in [5.41, 5.74) is 0.691. The van der Waals surface area contributed by atoms with Gasteiger partial charge in [-0.05, 0) is 24.8 Å². The fourth-order valence-electron chi connectivity index (χ4n) is 1.74. The van der Waals surface area contributed by atoms with Crippen LogP contribution in [0.5, 0.6) is 0 Å². The highest BCUT2D eigenvalue weighted by Gasteiger charge is 2.15. The minimum Gasteiger partial charge on any atom is -0.294 e. The van der Waals surface area contributed by atoms with E-state index in [1.165, 1.54) is 12.8 Å². The van der Waals surface area contributed by atoms with Crippen LogP contribution in [0.3, 0.4) is 0 Å². The predicted octanol–water partition coefficient (Wildman–Crippen LogP) is 3.59. The van der Waals surface area contributed by atoms with Crippen LogP contribution in [0.1, 0.15) is 47.0 Å². The van der Waals surface area contributed by atoms with Gasteiger partial charge in [0.2, 0.25) is 0 Å². The maximum atomic E-state index is 11.5. The van der Waals surface area contributed by atoms with E-state index in [0.717, 1.165) is 6.42 Å². The van der Waals surface area contributed by atoms with Crippen molar-refractivity contribution in [2.75, 3.05) is 0 Å². The number of rotatable bonds is 6. The summed E-state index contributed by atoms with van der Waals surface area (Å²) in [6.45, 7) is 11.9. The van der Waals surface area contributed by atoms with Gasteiger partial charge >= 0.3 is 0 Å². The number of Topliss-reactive ketones (excluding diaryl/α,β-unsaturated/α-hetero) is 1. The first-order chi connectivity index (χ1) is 5.99. The minimum absolute atomic E-state index is 0.152. The Labute approximate surface area is 82.2 Å². The molecule has 0 saturated carbocycles. The molecule has 0 aliphatic heterocycles. The Morgan fingerprint density at radius 3 is 2.31 bits per heavy atom. The van der Waals surface area contributed by atoms with E-state index in [1.54, 1.807) is 6.92 Å². The van der Waals surface area contributed by atoms with E-state index >= 15 is 0 Å². The molecule has 76 valence electrons. The highest BCUT2D eigenvalue weighted by molar-refractivity contribution is 5.95. The molecule has 0 bridgehead atoms. The molecule has 0 aromatic carbocycles. The molecule has 0 radical (unpaired) electrons. The van der Waals surface area contributed by atoms with E-state index < -0.39 is 0 Å². The highest BCUT2D eigenvalue weighted by atomic mass is 16.1. The Morgan fingerprint density at radius 1 is 1.38 bits per heavy atom. The number of allylic oxidation sites excluding steroid dienone is 1. The Balaban J connectivity index is 3.92. The van der Waals surface area contributed by atoms with Gasteiger partial charge in [0.1, 0.15) is 0 Å². The molecule has 0 amide bonds. The zero-order valence-corrected chi connectivity index (χ0v) is 9.39. The van der Waals surface area contributed by atoms with E-state index in [1.807, 2.05) is 6.92 Å². The first-order valence-corrected chi connectivity index (χ1v) is 5.18. The van der Waals surface area contributed by atoms with Crippen LogP contribution in [-0.2, 0) is 4.79 Å². The summed E-state index contributed by atoms with van der Waals surface area (Å²) in [7, 11) is 0. The first-order valence-electron chi connectivity index (χ1n) is 5.18. The van der Waals surface area contributed by atoms with Gasteiger partial charge in [0.05, 0.1) is 0 Å². The van der Waals surface area contributed by atoms with Crippen LogP contribution in [0.2, 0.25) is 0 Å². The molecule has 0 aromatic rings. The third kappa shape index (κ3) is 4.87. The van der Waals surface area contributed by atoms with Gasteiger partial charge in [0.25, 0.3) is 0 Å². The largest absolute Gasteiger partial charge is 0.294 e. The number of ketones is 1. The molecule has 0 N–H and O–H groups in total. The molecule has 0 fully saturated rings. The van der Waals surface area contributed by atoms with Crippen molar-refractivity contribution in [3.05, 3.63) is 12.2 Å². The topological polar surface area (TPSA) is 17.1 Å². The molecular weight excluding hydrogens is 160 g/mol. The molecule has 0 aromatic heterocycles. The Morgan fingerprint density at radius 2 is 1.92 bits per heavy atom. The van der Waals surface area contributed by atoms with Crippen LogP contribution in [0.15, 0.2) is 12.2 Å². The molecule has 0 heterocycles. The first kappa shape index (κ1) is 12.4. The number of hydrogen-bond acceptors (Lipinski definition) is 1. The molecule has 2 unspecified atom stereocenters. The Bertz CT molecular complexity index is 182. The maximum Gasteiger partial charge on any atom is 0.160 e. The van der Waals surface area contributed by atoms with Crippen LogP contribution in [0.4, 0.5) is 0 Å². The van der Waals surface area contributed by atoms with Gasteiger partial charge in [0, 0.05) is 5.92 Å². The lowest BCUT2D eigenvalue weighted by Crippen LogP contribution is -2.14. The van der Waals surface area contributed by atoms with Gasteiger partial charge in [-0.1, -0.05) is 40.2 Å². The summed E-state index contributed by atoms with van der Waals surface area (Å²) >= 11 is 0. The SMILES string of the molecule is C=C(C)C(=O)C(C)CC(C)CCC. The number of carbonyl (C=O) groups is 1. The zero-order valence-electron chi connectivity index (χ0n) is 9.39. The normalized spacial score (nSPS) is 15.1. The second-order valence-electron chi connectivity index (χ2n) is 4.18. The van der Waals surface area contributed by atoms with Crippen molar-refractivity contribution in [2.45, 2.75) is 47.0 Å². The van der Waals surface area contributed by atoms with Crippen molar-refractivity contribution < 1.29 is 4.79 Å². The highest BCUT2D eigenvalue weighted by Crippen LogP contribution is 2.19. The minimum atomic E-state index is 0.152. The van der Waals surface area contributed by atoms with E-state index in [-0.39, 0.29) is 11.7 Å². The lowest BCUT2D eigenvalue weighted by Gasteiger charge is -2.15. The van der Waals surface area contributed by atoms with Gasteiger partial charge in [-0.15, -0.1) is 0 Å².